The second-order valence-electron chi connectivity index (χ2n) is 4.44. The number of allylic oxidation sites excluding steroid dienone is 1. The molecule has 15 heavy (non-hydrogen) atoms. The van der Waals surface area contributed by atoms with Gasteiger partial charge in [-0.15, -0.1) is 0 Å². The van der Waals surface area contributed by atoms with Crippen LogP contribution in [0.4, 0.5) is 0 Å². The number of nitrogens with two attached hydrogens (primary N) is 1. The molecule has 0 fully saturated rings. The lowest BCUT2D eigenvalue weighted by molar-refractivity contribution is 0.587. The lowest BCUT2D eigenvalue weighted by Crippen LogP contribution is -2.09. The normalized spacial score (nSPS) is 13.4. The van der Waals surface area contributed by atoms with E-state index < -0.39 is 0 Å². The van der Waals surface area contributed by atoms with Crippen molar-refractivity contribution in [2.24, 2.45) is 10.7 Å². The number of hydrogen-bond acceptors (Lipinski definition) is 2. The molecule has 1 rings (SSSR count). The molecule has 0 amide bonds. The van der Waals surface area contributed by atoms with Gasteiger partial charge in [0.1, 0.15) is 0 Å². The first kappa shape index (κ1) is 11.5. The fourth-order valence-corrected chi connectivity index (χ4v) is 1.07. The highest BCUT2D eigenvalue weighted by molar-refractivity contribution is 5.83. The van der Waals surface area contributed by atoms with Gasteiger partial charge in [-0.05, 0) is 32.4 Å². The van der Waals surface area contributed by atoms with Gasteiger partial charge in [0.05, 0.1) is 5.54 Å². The Kier molecular flexibility index (Phi) is 3.67. The van der Waals surface area contributed by atoms with E-state index in [9.17, 15) is 0 Å². The van der Waals surface area contributed by atoms with Crippen LogP contribution in [-0.2, 0) is 0 Å². The third-order valence-electron chi connectivity index (χ3n) is 1.82. The first-order chi connectivity index (χ1) is 6.99. The Bertz CT molecular complexity index is 356. The Morgan fingerprint density at radius 2 is 1.80 bits per heavy atom. The average Bonchev–Trinajstić information content (AvgIpc) is 2.17. The molecule has 0 saturated heterocycles. The highest BCUT2D eigenvalue weighted by Gasteiger charge is 2.03. The van der Waals surface area contributed by atoms with Crippen molar-refractivity contribution < 1.29 is 0 Å². The first-order valence-corrected chi connectivity index (χ1v) is 5.05. The second kappa shape index (κ2) is 4.78. The van der Waals surface area contributed by atoms with Crippen LogP contribution < -0.4 is 5.73 Å². The Hall–Kier alpha value is -1.57. The van der Waals surface area contributed by atoms with E-state index in [1.54, 1.807) is 6.21 Å². The molecule has 0 aliphatic heterocycles. The Morgan fingerprint density at radius 1 is 1.20 bits per heavy atom. The zero-order valence-corrected chi connectivity index (χ0v) is 9.57. The zero-order valence-electron chi connectivity index (χ0n) is 9.57. The molecule has 2 N–H and O–H groups in total. The van der Waals surface area contributed by atoms with Gasteiger partial charge in [-0.25, -0.2) is 0 Å². The summed E-state index contributed by atoms with van der Waals surface area (Å²) >= 11 is 0. The molecule has 2 heteroatoms. The van der Waals surface area contributed by atoms with Crippen LogP contribution in [0.3, 0.4) is 0 Å². The van der Waals surface area contributed by atoms with Gasteiger partial charge in [0.25, 0.3) is 0 Å². The number of benzene rings is 1. The summed E-state index contributed by atoms with van der Waals surface area (Å²) in [7, 11) is 0. The van der Waals surface area contributed by atoms with Crippen LogP contribution in [0.15, 0.2) is 41.4 Å². The van der Waals surface area contributed by atoms with Crippen molar-refractivity contribution in [3.8, 4) is 0 Å². The molecule has 1 aromatic carbocycles. The van der Waals surface area contributed by atoms with Gasteiger partial charge >= 0.3 is 0 Å². The fourth-order valence-electron chi connectivity index (χ4n) is 1.07. The minimum Gasteiger partial charge on any atom is -0.398 e. The average molecular weight is 202 g/mol. The van der Waals surface area contributed by atoms with Gasteiger partial charge in [0.2, 0.25) is 0 Å². The Labute approximate surface area is 91.5 Å². The molecule has 0 aliphatic rings. The van der Waals surface area contributed by atoms with E-state index in [2.05, 4.69) is 25.8 Å². The van der Waals surface area contributed by atoms with Crippen LogP contribution in [0.25, 0.3) is 5.70 Å². The van der Waals surface area contributed by atoms with Crippen molar-refractivity contribution in [3.05, 3.63) is 42.0 Å². The zero-order chi connectivity index (χ0) is 11.3. The molecule has 0 radical (unpaired) electrons. The molecule has 0 spiro atoms. The van der Waals surface area contributed by atoms with Gasteiger partial charge in [-0.1, -0.05) is 30.3 Å². The largest absolute Gasteiger partial charge is 0.398 e. The fraction of sp³-hybridized carbons (Fsp3) is 0.308. The molecule has 0 heterocycles. The standard InChI is InChI=1S/C13H18N2/c1-13(2,3)15-10-9-12(14)11-7-5-4-6-8-11/h4-10H,14H2,1-3H3/b12-9-,15-10?. The van der Waals surface area contributed by atoms with Crippen molar-refractivity contribution in [1.29, 1.82) is 0 Å². The smallest absolute Gasteiger partial charge is 0.0524 e. The Morgan fingerprint density at radius 3 is 2.33 bits per heavy atom. The molecule has 0 atom stereocenters. The lowest BCUT2D eigenvalue weighted by Gasteiger charge is -2.09. The van der Waals surface area contributed by atoms with Gasteiger partial charge in [-0.2, -0.15) is 0 Å². The number of rotatable bonds is 2. The quantitative estimate of drug-likeness (QED) is 0.736. The Balaban J connectivity index is 2.74. The lowest BCUT2D eigenvalue weighted by atomic mass is 10.1. The highest BCUT2D eigenvalue weighted by atomic mass is 14.8. The van der Waals surface area contributed by atoms with Crippen LogP contribution in [0.5, 0.6) is 0 Å². The molecule has 0 aromatic heterocycles. The van der Waals surface area contributed by atoms with Crippen molar-refractivity contribution >= 4 is 11.9 Å². The van der Waals surface area contributed by atoms with E-state index in [-0.39, 0.29) is 5.54 Å². The van der Waals surface area contributed by atoms with E-state index in [0.717, 1.165) is 11.3 Å². The van der Waals surface area contributed by atoms with Crippen LogP contribution >= 0.6 is 0 Å². The first-order valence-electron chi connectivity index (χ1n) is 5.05. The van der Waals surface area contributed by atoms with E-state index >= 15 is 0 Å². The van der Waals surface area contributed by atoms with E-state index in [1.807, 2.05) is 36.4 Å². The van der Waals surface area contributed by atoms with Crippen molar-refractivity contribution in [1.82, 2.24) is 0 Å². The molecular weight excluding hydrogens is 184 g/mol. The van der Waals surface area contributed by atoms with Crippen molar-refractivity contribution in [3.63, 3.8) is 0 Å². The number of hydrogen-bond donors (Lipinski definition) is 1. The molecule has 1 aromatic rings. The maximum absolute atomic E-state index is 5.89. The van der Waals surface area contributed by atoms with E-state index in [0.29, 0.717) is 0 Å². The summed E-state index contributed by atoms with van der Waals surface area (Å²) in [5.41, 5.74) is 7.61. The maximum Gasteiger partial charge on any atom is 0.0524 e. The highest BCUT2D eigenvalue weighted by Crippen LogP contribution is 2.08. The molecular formula is C13H18N2. The molecule has 0 saturated carbocycles. The summed E-state index contributed by atoms with van der Waals surface area (Å²) in [5.74, 6) is 0. The monoisotopic (exact) mass is 202 g/mol. The summed E-state index contributed by atoms with van der Waals surface area (Å²) in [4.78, 5) is 4.34. The predicted octanol–water partition coefficient (Wildman–Crippen LogP) is 2.86. The summed E-state index contributed by atoms with van der Waals surface area (Å²) < 4.78 is 0. The molecule has 0 unspecified atom stereocenters. The third kappa shape index (κ3) is 4.45. The minimum atomic E-state index is -0.0481. The van der Waals surface area contributed by atoms with Gasteiger partial charge < -0.3 is 5.73 Å². The molecule has 0 bridgehead atoms. The molecule has 80 valence electrons. The summed E-state index contributed by atoms with van der Waals surface area (Å²) in [5, 5.41) is 0. The maximum atomic E-state index is 5.89. The summed E-state index contributed by atoms with van der Waals surface area (Å²) in [6.45, 7) is 6.15. The van der Waals surface area contributed by atoms with Gasteiger partial charge in [0, 0.05) is 11.9 Å². The number of aliphatic imine (C=N–C) groups is 1. The minimum absolute atomic E-state index is 0.0481. The van der Waals surface area contributed by atoms with Crippen LogP contribution in [-0.4, -0.2) is 11.8 Å². The van der Waals surface area contributed by atoms with Crippen LogP contribution in [0.2, 0.25) is 0 Å². The molecule has 2 nitrogen and oxygen atoms in total. The molecule has 0 aliphatic carbocycles. The van der Waals surface area contributed by atoms with Crippen LogP contribution in [0.1, 0.15) is 26.3 Å². The second-order valence-corrected chi connectivity index (χ2v) is 4.44. The SMILES string of the molecule is CC(C)(C)N=C/C=C(\N)c1ccccc1. The van der Waals surface area contributed by atoms with Crippen molar-refractivity contribution in [2.45, 2.75) is 26.3 Å². The number of nitrogens with zero attached hydrogens (tertiary/aromatic N) is 1. The van der Waals surface area contributed by atoms with E-state index in [1.165, 1.54) is 0 Å². The topological polar surface area (TPSA) is 38.4 Å². The van der Waals surface area contributed by atoms with Gasteiger partial charge in [0.15, 0.2) is 0 Å². The summed E-state index contributed by atoms with van der Waals surface area (Å²) in [6.07, 6.45) is 3.60. The van der Waals surface area contributed by atoms with Gasteiger partial charge in [-0.3, -0.25) is 4.99 Å². The van der Waals surface area contributed by atoms with Crippen molar-refractivity contribution in [2.75, 3.05) is 0 Å². The summed E-state index contributed by atoms with van der Waals surface area (Å²) in [6, 6.07) is 9.88. The van der Waals surface area contributed by atoms with Crippen LogP contribution in [0, 0.1) is 0 Å². The van der Waals surface area contributed by atoms with E-state index in [4.69, 9.17) is 5.73 Å². The third-order valence-corrected chi connectivity index (χ3v) is 1.82. The predicted molar refractivity (Wildman–Crippen MR) is 66.9 cm³/mol.